The van der Waals surface area contributed by atoms with Crippen LogP contribution in [0.15, 0.2) is 39.8 Å². The first-order valence-electron chi connectivity index (χ1n) is 5.16. The van der Waals surface area contributed by atoms with E-state index in [0.717, 1.165) is 6.42 Å². The Morgan fingerprint density at radius 1 is 1.47 bits per heavy atom. The summed E-state index contributed by atoms with van der Waals surface area (Å²) in [6, 6.07) is 5.48. The average molecular weight is 311 g/mol. The maximum atomic E-state index is 11.8. The number of rotatable bonds is 4. The van der Waals surface area contributed by atoms with Crippen molar-refractivity contribution in [3.05, 3.63) is 50.9 Å². The molecule has 0 unspecified atom stereocenters. The summed E-state index contributed by atoms with van der Waals surface area (Å²) in [7, 11) is 0. The molecular weight excluding hydrogens is 300 g/mol. The van der Waals surface area contributed by atoms with Crippen molar-refractivity contribution in [2.45, 2.75) is 6.42 Å². The molecule has 2 aromatic rings. The topological polar surface area (TPSA) is 42.0 Å². The number of nitrogens with zero attached hydrogens (tertiary/aromatic N) is 1. The van der Waals surface area contributed by atoms with Crippen LogP contribution in [0.25, 0.3) is 0 Å². The normalized spacial score (nSPS) is 10.2. The predicted molar refractivity (Wildman–Crippen MR) is 72.3 cm³/mol. The molecule has 0 bridgehead atoms. The fourth-order valence-electron chi connectivity index (χ4n) is 1.40. The first-order chi connectivity index (χ1) is 8.25. The summed E-state index contributed by atoms with van der Waals surface area (Å²) in [5.74, 6) is -0.0664. The molecule has 1 amide bonds. The molecule has 0 atom stereocenters. The van der Waals surface area contributed by atoms with Gasteiger partial charge in [-0.3, -0.25) is 4.79 Å². The molecule has 5 heteroatoms. The zero-order valence-electron chi connectivity index (χ0n) is 9.02. The number of halogens is 1. The lowest BCUT2D eigenvalue weighted by molar-refractivity contribution is 0.0954. The molecule has 0 saturated carbocycles. The van der Waals surface area contributed by atoms with E-state index in [1.807, 2.05) is 5.38 Å². The first kappa shape index (κ1) is 12.3. The Morgan fingerprint density at radius 3 is 3.06 bits per heavy atom. The molecule has 0 aliphatic rings. The molecule has 2 aromatic heterocycles. The molecule has 0 aliphatic carbocycles. The van der Waals surface area contributed by atoms with Crippen LogP contribution in [0.1, 0.15) is 15.9 Å². The van der Waals surface area contributed by atoms with Crippen LogP contribution in [0.4, 0.5) is 0 Å². The van der Waals surface area contributed by atoms with Gasteiger partial charge in [-0.25, -0.2) is 4.98 Å². The molecule has 0 radical (unpaired) electrons. The van der Waals surface area contributed by atoms with E-state index in [1.165, 1.54) is 5.56 Å². The van der Waals surface area contributed by atoms with E-state index in [2.05, 4.69) is 37.7 Å². The standard InChI is InChI=1S/C12H11BrN2OS/c13-11-7-10(2-5-14-11)12(16)15-4-1-9-3-6-17-8-9/h2-3,5-8H,1,4H2,(H,15,16). The van der Waals surface area contributed by atoms with Crippen LogP contribution >= 0.6 is 27.3 Å². The van der Waals surface area contributed by atoms with E-state index in [1.54, 1.807) is 29.7 Å². The summed E-state index contributed by atoms with van der Waals surface area (Å²) in [6.07, 6.45) is 2.47. The lowest BCUT2D eigenvalue weighted by Gasteiger charge is -2.04. The van der Waals surface area contributed by atoms with Crippen molar-refractivity contribution in [3.8, 4) is 0 Å². The van der Waals surface area contributed by atoms with Gasteiger partial charge in [0.2, 0.25) is 0 Å². The van der Waals surface area contributed by atoms with Gasteiger partial charge in [-0.05, 0) is 56.9 Å². The molecule has 1 N–H and O–H groups in total. The van der Waals surface area contributed by atoms with Crippen molar-refractivity contribution in [1.82, 2.24) is 10.3 Å². The molecule has 3 nitrogen and oxygen atoms in total. The lowest BCUT2D eigenvalue weighted by atomic mass is 10.2. The molecule has 0 aliphatic heterocycles. The molecule has 88 valence electrons. The van der Waals surface area contributed by atoms with Gasteiger partial charge in [-0.15, -0.1) is 0 Å². The third-order valence-corrected chi connectivity index (χ3v) is 3.43. The molecule has 2 rings (SSSR count). The van der Waals surface area contributed by atoms with E-state index >= 15 is 0 Å². The van der Waals surface area contributed by atoms with E-state index in [4.69, 9.17) is 0 Å². The Bertz CT molecular complexity index is 499. The summed E-state index contributed by atoms with van der Waals surface area (Å²) in [4.78, 5) is 15.7. The zero-order valence-corrected chi connectivity index (χ0v) is 11.4. The van der Waals surface area contributed by atoms with Gasteiger partial charge < -0.3 is 5.32 Å². The van der Waals surface area contributed by atoms with Crippen molar-refractivity contribution in [2.24, 2.45) is 0 Å². The SMILES string of the molecule is O=C(NCCc1ccsc1)c1ccnc(Br)c1. The highest BCUT2D eigenvalue weighted by atomic mass is 79.9. The van der Waals surface area contributed by atoms with Crippen LogP contribution in [0.3, 0.4) is 0 Å². The van der Waals surface area contributed by atoms with Crippen LogP contribution in [0, 0.1) is 0 Å². The first-order valence-corrected chi connectivity index (χ1v) is 6.90. The van der Waals surface area contributed by atoms with Crippen molar-refractivity contribution in [1.29, 1.82) is 0 Å². The number of carbonyl (C=O) groups excluding carboxylic acids is 1. The molecule has 0 aromatic carbocycles. The minimum Gasteiger partial charge on any atom is -0.352 e. The summed E-state index contributed by atoms with van der Waals surface area (Å²) < 4.78 is 0.669. The molecule has 2 heterocycles. The number of carbonyl (C=O) groups is 1. The quantitative estimate of drug-likeness (QED) is 0.882. The van der Waals surface area contributed by atoms with E-state index in [9.17, 15) is 4.79 Å². The Hall–Kier alpha value is -1.20. The number of hydrogen-bond donors (Lipinski definition) is 1. The van der Waals surface area contributed by atoms with Gasteiger partial charge in [0.1, 0.15) is 4.60 Å². The fraction of sp³-hybridized carbons (Fsp3) is 0.167. The summed E-state index contributed by atoms with van der Waals surface area (Å²) in [6.45, 7) is 0.648. The van der Waals surface area contributed by atoms with Crippen LogP contribution < -0.4 is 5.32 Å². The number of nitrogens with one attached hydrogen (secondary N) is 1. The highest BCUT2D eigenvalue weighted by Crippen LogP contribution is 2.08. The van der Waals surface area contributed by atoms with Crippen molar-refractivity contribution in [2.75, 3.05) is 6.54 Å². The second-order valence-electron chi connectivity index (χ2n) is 3.50. The van der Waals surface area contributed by atoms with E-state index < -0.39 is 0 Å². The van der Waals surface area contributed by atoms with Gasteiger partial charge in [-0.1, -0.05) is 0 Å². The van der Waals surface area contributed by atoms with E-state index in [-0.39, 0.29) is 5.91 Å². The average Bonchev–Trinajstić information content (AvgIpc) is 2.82. The maximum absolute atomic E-state index is 11.8. The second-order valence-corrected chi connectivity index (χ2v) is 5.10. The van der Waals surface area contributed by atoms with Gasteiger partial charge in [0, 0.05) is 18.3 Å². The highest BCUT2D eigenvalue weighted by molar-refractivity contribution is 9.10. The highest BCUT2D eigenvalue weighted by Gasteiger charge is 2.05. The van der Waals surface area contributed by atoms with Crippen LogP contribution in [-0.4, -0.2) is 17.4 Å². The number of amides is 1. The zero-order chi connectivity index (χ0) is 12.1. The molecular formula is C12H11BrN2OS. The number of thiophene rings is 1. The fourth-order valence-corrected chi connectivity index (χ4v) is 2.47. The van der Waals surface area contributed by atoms with Gasteiger partial charge in [0.25, 0.3) is 5.91 Å². The van der Waals surface area contributed by atoms with Crippen LogP contribution in [0.5, 0.6) is 0 Å². The number of pyridine rings is 1. The molecule has 17 heavy (non-hydrogen) atoms. The third kappa shape index (κ3) is 3.64. The Balaban J connectivity index is 1.85. The lowest BCUT2D eigenvalue weighted by Crippen LogP contribution is -2.25. The van der Waals surface area contributed by atoms with Gasteiger partial charge >= 0.3 is 0 Å². The Labute approximate surface area is 112 Å². The largest absolute Gasteiger partial charge is 0.352 e. The van der Waals surface area contributed by atoms with Crippen LogP contribution in [0.2, 0.25) is 0 Å². The summed E-state index contributed by atoms with van der Waals surface area (Å²) in [5, 5.41) is 7.01. The smallest absolute Gasteiger partial charge is 0.251 e. The third-order valence-electron chi connectivity index (χ3n) is 2.27. The van der Waals surface area contributed by atoms with Gasteiger partial charge in [0.05, 0.1) is 0 Å². The van der Waals surface area contributed by atoms with Gasteiger partial charge in [0.15, 0.2) is 0 Å². The van der Waals surface area contributed by atoms with Crippen molar-refractivity contribution in [3.63, 3.8) is 0 Å². The van der Waals surface area contributed by atoms with E-state index in [0.29, 0.717) is 16.7 Å². The molecule has 0 saturated heterocycles. The van der Waals surface area contributed by atoms with Crippen molar-refractivity contribution >= 4 is 33.2 Å². The van der Waals surface area contributed by atoms with Gasteiger partial charge in [-0.2, -0.15) is 11.3 Å². The van der Waals surface area contributed by atoms with Crippen molar-refractivity contribution < 1.29 is 4.79 Å². The minimum atomic E-state index is -0.0664. The maximum Gasteiger partial charge on any atom is 0.251 e. The number of aromatic nitrogens is 1. The molecule has 0 spiro atoms. The summed E-state index contributed by atoms with van der Waals surface area (Å²) in [5.41, 5.74) is 1.88. The predicted octanol–water partition coefficient (Wildman–Crippen LogP) is 2.88. The van der Waals surface area contributed by atoms with Crippen LogP contribution in [-0.2, 0) is 6.42 Å². The molecule has 0 fully saturated rings. The number of hydrogen-bond acceptors (Lipinski definition) is 3. The monoisotopic (exact) mass is 310 g/mol. The summed E-state index contributed by atoms with van der Waals surface area (Å²) >= 11 is 4.91. The Morgan fingerprint density at radius 2 is 2.35 bits per heavy atom. The second kappa shape index (κ2) is 5.93. The minimum absolute atomic E-state index is 0.0664. The Kier molecular flexibility index (Phi) is 4.28.